The zero-order valence-corrected chi connectivity index (χ0v) is 16.0. The maximum Gasteiger partial charge on any atom is 0.274 e. The summed E-state index contributed by atoms with van der Waals surface area (Å²) < 4.78 is 7.21. The van der Waals surface area contributed by atoms with Crippen molar-refractivity contribution in [3.05, 3.63) is 59.8 Å². The normalized spacial score (nSPS) is 11.4. The molecule has 9 heteroatoms. The number of imidazole rings is 1. The first kappa shape index (κ1) is 17.9. The number of rotatable bonds is 6. The second kappa shape index (κ2) is 7.26. The molecule has 3 heterocycles. The van der Waals surface area contributed by atoms with Gasteiger partial charge in [-0.15, -0.1) is 0 Å². The van der Waals surface area contributed by atoms with E-state index in [-0.39, 0.29) is 18.4 Å². The van der Waals surface area contributed by atoms with Crippen LogP contribution in [0.5, 0.6) is 0 Å². The third-order valence-electron chi connectivity index (χ3n) is 4.44. The first-order valence-electron chi connectivity index (χ1n) is 9.03. The van der Waals surface area contributed by atoms with Crippen molar-refractivity contribution in [3.8, 4) is 0 Å². The zero-order chi connectivity index (χ0) is 19.7. The van der Waals surface area contributed by atoms with Gasteiger partial charge in [0.25, 0.3) is 5.91 Å². The molecule has 28 heavy (non-hydrogen) atoms. The Morgan fingerprint density at radius 3 is 2.93 bits per heavy atom. The summed E-state index contributed by atoms with van der Waals surface area (Å²) >= 11 is 0. The van der Waals surface area contributed by atoms with Crippen LogP contribution < -0.4 is 0 Å². The summed E-state index contributed by atoms with van der Waals surface area (Å²) in [6.07, 6.45) is 1.78. The van der Waals surface area contributed by atoms with Crippen molar-refractivity contribution >= 4 is 16.9 Å². The van der Waals surface area contributed by atoms with Crippen LogP contribution in [0.1, 0.15) is 47.7 Å². The van der Waals surface area contributed by atoms with Crippen LogP contribution in [0.4, 0.5) is 0 Å². The van der Waals surface area contributed by atoms with E-state index in [9.17, 15) is 4.79 Å². The van der Waals surface area contributed by atoms with Crippen LogP contribution >= 0.6 is 0 Å². The van der Waals surface area contributed by atoms with E-state index in [1.54, 1.807) is 19.4 Å². The molecule has 0 unspecified atom stereocenters. The van der Waals surface area contributed by atoms with Crippen molar-refractivity contribution < 1.29 is 9.32 Å². The highest BCUT2D eigenvalue weighted by Crippen LogP contribution is 2.15. The summed E-state index contributed by atoms with van der Waals surface area (Å²) in [5.41, 5.74) is 3.11. The van der Waals surface area contributed by atoms with E-state index in [4.69, 9.17) is 4.52 Å². The Balaban J connectivity index is 1.44. The fourth-order valence-electron chi connectivity index (χ4n) is 2.91. The van der Waals surface area contributed by atoms with Crippen LogP contribution in [0, 0.1) is 0 Å². The standard InChI is InChI=1S/C19H21N7O2/c1-12(2)18-21-17(28-24-18)10-25(3)19(27)15-8-13(22-23-15)9-26-11-20-14-6-4-5-7-16(14)26/h4-8,11-12H,9-10H2,1-3H3,(H,22,23). The van der Waals surface area contributed by atoms with Gasteiger partial charge in [-0.25, -0.2) is 4.98 Å². The third-order valence-corrected chi connectivity index (χ3v) is 4.44. The van der Waals surface area contributed by atoms with Gasteiger partial charge in [0.05, 0.1) is 29.6 Å². The topological polar surface area (TPSA) is 106 Å². The molecule has 0 aliphatic carbocycles. The van der Waals surface area contributed by atoms with Crippen molar-refractivity contribution in [1.82, 2.24) is 34.8 Å². The molecule has 0 saturated heterocycles. The number of hydrogen-bond donors (Lipinski definition) is 1. The molecule has 1 N–H and O–H groups in total. The summed E-state index contributed by atoms with van der Waals surface area (Å²) in [6.45, 7) is 4.75. The summed E-state index contributed by atoms with van der Waals surface area (Å²) in [4.78, 5) is 22.8. The minimum absolute atomic E-state index is 0.173. The molecule has 0 aliphatic heterocycles. The highest BCUT2D eigenvalue weighted by molar-refractivity contribution is 5.92. The van der Waals surface area contributed by atoms with Crippen LogP contribution in [0.25, 0.3) is 11.0 Å². The summed E-state index contributed by atoms with van der Waals surface area (Å²) in [5.74, 6) is 0.986. The number of para-hydroxylation sites is 2. The van der Waals surface area contributed by atoms with Gasteiger partial charge in [0.15, 0.2) is 5.82 Å². The van der Waals surface area contributed by atoms with Gasteiger partial charge in [-0.05, 0) is 18.2 Å². The number of carbonyl (C=O) groups is 1. The van der Waals surface area contributed by atoms with E-state index < -0.39 is 0 Å². The number of nitrogens with one attached hydrogen (secondary N) is 1. The van der Waals surface area contributed by atoms with Crippen molar-refractivity contribution in [2.45, 2.75) is 32.9 Å². The molecule has 3 aromatic heterocycles. The minimum Gasteiger partial charge on any atom is -0.337 e. The Morgan fingerprint density at radius 2 is 2.14 bits per heavy atom. The molecule has 0 fully saturated rings. The Bertz CT molecular complexity index is 1110. The van der Waals surface area contributed by atoms with Crippen molar-refractivity contribution in [1.29, 1.82) is 0 Å². The lowest BCUT2D eigenvalue weighted by Crippen LogP contribution is -2.26. The maximum absolute atomic E-state index is 12.7. The number of aromatic amines is 1. The quantitative estimate of drug-likeness (QED) is 0.552. The lowest BCUT2D eigenvalue weighted by molar-refractivity contribution is 0.0763. The second-order valence-electron chi connectivity index (χ2n) is 7.00. The number of carbonyl (C=O) groups excluding carboxylic acids is 1. The first-order chi connectivity index (χ1) is 13.5. The van der Waals surface area contributed by atoms with E-state index in [1.165, 1.54) is 4.90 Å². The molecule has 4 aromatic rings. The van der Waals surface area contributed by atoms with Gasteiger partial charge < -0.3 is 14.0 Å². The monoisotopic (exact) mass is 379 g/mol. The van der Waals surface area contributed by atoms with Gasteiger partial charge in [-0.1, -0.05) is 31.1 Å². The van der Waals surface area contributed by atoms with Crippen LogP contribution in [-0.2, 0) is 13.1 Å². The zero-order valence-electron chi connectivity index (χ0n) is 16.0. The predicted molar refractivity (Wildman–Crippen MR) is 102 cm³/mol. The SMILES string of the molecule is CC(C)c1noc(CN(C)C(=O)c2cc(Cn3cnc4ccccc43)[nH]n2)n1. The first-order valence-corrected chi connectivity index (χ1v) is 9.03. The van der Waals surface area contributed by atoms with Gasteiger partial charge in [0.1, 0.15) is 12.2 Å². The van der Waals surface area contributed by atoms with E-state index in [0.717, 1.165) is 16.7 Å². The van der Waals surface area contributed by atoms with E-state index in [1.807, 2.05) is 42.7 Å². The average Bonchev–Trinajstić information content (AvgIpc) is 3.42. The summed E-state index contributed by atoms with van der Waals surface area (Å²) in [7, 11) is 1.68. The smallest absolute Gasteiger partial charge is 0.274 e. The van der Waals surface area contributed by atoms with Gasteiger partial charge in [-0.3, -0.25) is 9.89 Å². The fourth-order valence-corrected chi connectivity index (χ4v) is 2.91. The lowest BCUT2D eigenvalue weighted by atomic mass is 10.2. The van der Waals surface area contributed by atoms with Gasteiger partial charge in [0, 0.05) is 13.0 Å². The van der Waals surface area contributed by atoms with E-state index in [0.29, 0.717) is 24.0 Å². The molecule has 0 aliphatic rings. The van der Waals surface area contributed by atoms with Crippen LogP contribution in [-0.4, -0.2) is 47.7 Å². The molecular formula is C19H21N7O2. The molecule has 144 valence electrons. The molecule has 4 rings (SSSR count). The van der Waals surface area contributed by atoms with Crippen LogP contribution in [0.15, 0.2) is 41.2 Å². The molecule has 9 nitrogen and oxygen atoms in total. The summed E-state index contributed by atoms with van der Waals surface area (Å²) in [5, 5.41) is 11.0. The molecular weight excluding hydrogens is 358 g/mol. The Hall–Kier alpha value is -3.49. The molecule has 0 atom stereocenters. The summed E-state index contributed by atoms with van der Waals surface area (Å²) in [6, 6.07) is 9.65. The number of fused-ring (bicyclic) bond motifs is 1. The van der Waals surface area contributed by atoms with E-state index >= 15 is 0 Å². The number of H-pyrrole nitrogens is 1. The van der Waals surface area contributed by atoms with Crippen molar-refractivity contribution in [2.24, 2.45) is 0 Å². The highest BCUT2D eigenvalue weighted by Gasteiger charge is 2.19. The van der Waals surface area contributed by atoms with Crippen LogP contribution in [0.3, 0.4) is 0 Å². The fraction of sp³-hybridized carbons (Fsp3) is 0.316. The Kier molecular flexibility index (Phi) is 4.64. The number of amides is 1. The molecule has 0 saturated carbocycles. The number of nitrogens with zero attached hydrogens (tertiary/aromatic N) is 6. The molecule has 1 aromatic carbocycles. The second-order valence-corrected chi connectivity index (χ2v) is 7.00. The highest BCUT2D eigenvalue weighted by atomic mass is 16.5. The Morgan fingerprint density at radius 1 is 1.32 bits per heavy atom. The number of benzene rings is 1. The minimum atomic E-state index is -0.220. The van der Waals surface area contributed by atoms with Crippen LogP contribution in [0.2, 0.25) is 0 Å². The number of aromatic nitrogens is 6. The maximum atomic E-state index is 12.7. The molecule has 0 radical (unpaired) electrons. The Labute approximate surface area is 161 Å². The van der Waals surface area contributed by atoms with E-state index in [2.05, 4.69) is 25.3 Å². The molecule has 0 bridgehead atoms. The molecule has 0 spiro atoms. The van der Waals surface area contributed by atoms with Gasteiger partial charge in [-0.2, -0.15) is 10.1 Å². The third kappa shape index (κ3) is 3.51. The lowest BCUT2D eigenvalue weighted by Gasteiger charge is -2.12. The van der Waals surface area contributed by atoms with Gasteiger partial charge >= 0.3 is 0 Å². The largest absolute Gasteiger partial charge is 0.337 e. The molecule has 1 amide bonds. The number of hydrogen-bond acceptors (Lipinski definition) is 6. The van der Waals surface area contributed by atoms with Crippen molar-refractivity contribution in [3.63, 3.8) is 0 Å². The average molecular weight is 379 g/mol. The van der Waals surface area contributed by atoms with Gasteiger partial charge in [0.2, 0.25) is 5.89 Å². The predicted octanol–water partition coefficient (Wildman–Crippen LogP) is 2.59. The van der Waals surface area contributed by atoms with Crippen molar-refractivity contribution in [2.75, 3.05) is 7.05 Å².